The highest BCUT2D eigenvalue weighted by atomic mass is 35.5. The molecule has 0 saturated heterocycles. The minimum Gasteiger partial charge on any atom is -0.491 e. The number of hydrogen-bond acceptors (Lipinski definition) is 4. The average Bonchev–Trinajstić information content (AvgIpc) is 2.81. The Hall–Kier alpha value is -1.76. The lowest BCUT2D eigenvalue weighted by atomic mass is 10.1. The molecule has 1 unspecified atom stereocenters. The van der Waals surface area contributed by atoms with E-state index in [2.05, 4.69) is 4.72 Å². The van der Waals surface area contributed by atoms with Crippen molar-refractivity contribution in [2.75, 3.05) is 12.3 Å². The van der Waals surface area contributed by atoms with E-state index in [0.29, 0.717) is 5.75 Å². The van der Waals surface area contributed by atoms with Crippen molar-refractivity contribution >= 4 is 27.3 Å². The van der Waals surface area contributed by atoms with Gasteiger partial charge in [-0.3, -0.25) is 0 Å². The number of ether oxygens (including phenoxy) is 1. The summed E-state index contributed by atoms with van der Waals surface area (Å²) < 4.78 is 33.1. The summed E-state index contributed by atoms with van der Waals surface area (Å²) in [7, 11) is -3.83. The summed E-state index contributed by atoms with van der Waals surface area (Å²) in [4.78, 5) is -0.101. The summed E-state index contributed by atoms with van der Waals surface area (Å²) in [6.45, 7) is 0.239. The molecular weight excluding hydrogens is 312 g/mol. The van der Waals surface area contributed by atoms with Gasteiger partial charge in [-0.05, 0) is 18.2 Å². The summed E-state index contributed by atoms with van der Waals surface area (Å²) in [6.07, 6.45) is 0. The maximum absolute atomic E-state index is 12.5. The predicted octanol–water partition coefficient (Wildman–Crippen LogP) is 2.33. The second kappa shape index (κ2) is 5.22. The Morgan fingerprint density at radius 2 is 1.95 bits per heavy atom. The van der Waals surface area contributed by atoms with Crippen LogP contribution in [0, 0.1) is 0 Å². The molecule has 0 amide bonds. The van der Waals surface area contributed by atoms with Crippen molar-refractivity contribution in [3.8, 4) is 5.75 Å². The van der Waals surface area contributed by atoms with Crippen LogP contribution in [0.3, 0.4) is 0 Å². The molecule has 0 saturated carbocycles. The number of hydrogen-bond donors (Lipinski definition) is 2. The van der Waals surface area contributed by atoms with Gasteiger partial charge in [0.2, 0.25) is 10.0 Å². The van der Waals surface area contributed by atoms with Crippen LogP contribution in [0.1, 0.15) is 11.6 Å². The van der Waals surface area contributed by atoms with Crippen molar-refractivity contribution in [1.82, 2.24) is 4.72 Å². The number of sulfonamides is 1. The summed E-state index contributed by atoms with van der Waals surface area (Å²) in [6, 6.07) is 11.4. The normalized spacial score (nSPS) is 17.3. The van der Waals surface area contributed by atoms with Gasteiger partial charge in [0.1, 0.15) is 17.3 Å². The van der Waals surface area contributed by atoms with Crippen LogP contribution in [-0.2, 0) is 10.0 Å². The van der Waals surface area contributed by atoms with Gasteiger partial charge in [0.15, 0.2) is 0 Å². The molecule has 0 aromatic heterocycles. The highest BCUT2D eigenvalue weighted by Gasteiger charge is 2.30. The third kappa shape index (κ3) is 2.57. The molecule has 2 aromatic carbocycles. The molecule has 2 aromatic rings. The summed E-state index contributed by atoms with van der Waals surface area (Å²) >= 11 is 5.97. The lowest BCUT2D eigenvalue weighted by molar-refractivity contribution is 0.325. The molecule has 0 bridgehead atoms. The Morgan fingerprint density at radius 1 is 1.19 bits per heavy atom. The third-order valence-corrected chi connectivity index (χ3v) is 5.28. The molecule has 0 fully saturated rings. The second-order valence-electron chi connectivity index (χ2n) is 4.68. The highest BCUT2D eigenvalue weighted by Crippen LogP contribution is 2.34. The van der Waals surface area contributed by atoms with E-state index < -0.39 is 16.1 Å². The Bertz CT molecular complexity index is 772. The number of rotatable bonds is 3. The van der Waals surface area contributed by atoms with Gasteiger partial charge in [0.05, 0.1) is 16.8 Å². The van der Waals surface area contributed by atoms with Crippen molar-refractivity contribution in [3.05, 3.63) is 53.1 Å². The molecule has 0 aliphatic carbocycles. The van der Waals surface area contributed by atoms with E-state index in [4.69, 9.17) is 22.1 Å². The number of nitrogens with one attached hydrogen (secondary N) is 1. The van der Waals surface area contributed by atoms with Crippen LogP contribution in [0.5, 0.6) is 5.75 Å². The summed E-state index contributed by atoms with van der Waals surface area (Å²) in [5.74, 6) is 0.678. The molecule has 21 heavy (non-hydrogen) atoms. The van der Waals surface area contributed by atoms with Crippen molar-refractivity contribution in [2.24, 2.45) is 0 Å². The second-order valence-corrected chi connectivity index (χ2v) is 6.74. The van der Waals surface area contributed by atoms with Crippen molar-refractivity contribution in [3.63, 3.8) is 0 Å². The number of halogens is 1. The lowest BCUT2D eigenvalue weighted by Gasteiger charge is -2.14. The Balaban J connectivity index is 1.95. The Labute approximate surface area is 127 Å². The molecule has 1 aliphatic heterocycles. The smallest absolute Gasteiger partial charge is 0.244 e. The first-order chi connectivity index (χ1) is 9.99. The van der Waals surface area contributed by atoms with E-state index in [0.717, 1.165) is 5.56 Å². The van der Waals surface area contributed by atoms with Gasteiger partial charge in [-0.1, -0.05) is 35.9 Å². The monoisotopic (exact) mass is 324 g/mol. The molecule has 110 valence electrons. The topological polar surface area (TPSA) is 81.4 Å². The third-order valence-electron chi connectivity index (χ3n) is 3.26. The minimum atomic E-state index is -3.83. The average molecular weight is 325 g/mol. The number of anilines is 1. The molecule has 0 spiro atoms. The SMILES string of the molecule is Nc1cccc(Cl)c1S(=O)(=O)NC1COc2ccccc21. The molecule has 3 rings (SSSR count). The van der Waals surface area contributed by atoms with Crippen molar-refractivity contribution < 1.29 is 13.2 Å². The molecule has 1 heterocycles. The number of nitrogens with two attached hydrogens (primary N) is 1. The number of nitrogen functional groups attached to an aromatic ring is 1. The quantitative estimate of drug-likeness (QED) is 0.849. The molecule has 0 radical (unpaired) electrons. The van der Waals surface area contributed by atoms with E-state index in [1.54, 1.807) is 12.1 Å². The molecule has 1 atom stereocenters. The van der Waals surface area contributed by atoms with Crippen molar-refractivity contribution in [1.29, 1.82) is 0 Å². The molecule has 7 heteroatoms. The zero-order chi connectivity index (χ0) is 15.0. The first-order valence-corrected chi connectivity index (χ1v) is 8.13. The molecular formula is C14H13ClN2O3S. The molecule has 1 aliphatic rings. The number of benzene rings is 2. The lowest BCUT2D eigenvalue weighted by Crippen LogP contribution is -2.30. The highest BCUT2D eigenvalue weighted by molar-refractivity contribution is 7.89. The number of fused-ring (bicyclic) bond motifs is 1. The maximum Gasteiger partial charge on any atom is 0.244 e. The van der Waals surface area contributed by atoms with Crippen LogP contribution in [0.15, 0.2) is 47.4 Å². The maximum atomic E-state index is 12.5. The van der Waals surface area contributed by atoms with Crippen LogP contribution in [0.2, 0.25) is 5.02 Å². The summed E-state index contributed by atoms with van der Waals surface area (Å²) in [5, 5.41) is 0.0923. The fraction of sp³-hybridized carbons (Fsp3) is 0.143. The largest absolute Gasteiger partial charge is 0.491 e. The molecule has 5 nitrogen and oxygen atoms in total. The van der Waals surface area contributed by atoms with Gasteiger partial charge in [0.25, 0.3) is 0 Å². The van der Waals surface area contributed by atoms with E-state index in [1.165, 1.54) is 12.1 Å². The van der Waals surface area contributed by atoms with Crippen LogP contribution >= 0.6 is 11.6 Å². The first-order valence-electron chi connectivity index (χ1n) is 6.27. The van der Waals surface area contributed by atoms with E-state index >= 15 is 0 Å². The zero-order valence-electron chi connectivity index (χ0n) is 10.9. The minimum absolute atomic E-state index is 0.0923. The summed E-state index contributed by atoms with van der Waals surface area (Å²) in [5.41, 5.74) is 6.65. The van der Waals surface area contributed by atoms with Gasteiger partial charge in [-0.25, -0.2) is 8.42 Å². The van der Waals surface area contributed by atoms with Crippen molar-refractivity contribution in [2.45, 2.75) is 10.9 Å². The van der Waals surface area contributed by atoms with Gasteiger partial charge in [-0.15, -0.1) is 0 Å². The Morgan fingerprint density at radius 3 is 2.71 bits per heavy atom. The van der Waals surface area contributed by atoms with Crippen LogP contribution in [0.25, 0.3) is 0 Å². The van der Waals surface area contributed by atoms with Gasteiger partial charge >= 0.3 is 0 Å². The first kappa shape index (κ1) is 14.2. The van der Waals surface area contributed by atoms with Crippen LogP contribution < -0.4 is 15.2 Å². The fourth-order valence-electron chi connectivity index (χ4n) is 2.32. The van der Waals surface area contributed by atoms with Crippen LogP contribution in [-0.4, -0.2) is 15.0 Å². The number of para-hydroxylation sites is 1. The van der Waals surface area contributed by atoms with Gasteiger partial charge in [0, 0.05) is 5.56 Å². The zero-order valence-corrected chi connectivity index (χ0v) is 12.5. The van der Waals surface area contributed by atoms with Gasteiger partial charge in [-0.2, -0.15) is 4.72 Å². The van der Waals surface area contributed by atoms with E-state index in [1.807, 2.05) is 18.2 Å². The fourth-order valence-corrected chi connectivity index (χ4v) is 4.19. The van der Waals surface area contributed by atoms with Gasteiger partial charge < -0.3 is 10.5 Å². The van der Waals surface area contributed by atoms with E-state index in [-0.39, 0.29) is 22.2 Å². The van der Waals surface area contributed by atoms with E-state index in [9.17, 15) is 8.42 Å². The standard InChI is InChI=1S/C14H13ClN2O3S/c15-10-5-3-6-11(16)14(10)21(18,19)17-12-8-20-13-7-2-1-4-9(12)13/h1-7,12,17H,8,16H2. The predicted molar refractivity (Wildman–Crippen MR) is 80.9 cm³/mol. The Kier molecular flexibility index (Phi) is 3.52. The van der Waals surface area contributed by atoms with Crippen LogP contribution in [0.4, 0.5) is 5.69 Å². The molecule has 3 N–H and O–H groups in total.